The number of aliphatic imine (C=N–C) groups is 1. The van der Waals surface area contributed by atoms with E-state index in [0.29, 0.717) is 70.4 Å². The van der Waals surface area contributed by atoms with E-state index in [1.165, 1.54) is 0 Å². The highest BCUT2D eigenvalue weighted by Crippen LogP contribution is 2.39. The van der Waals surface area contributed by atoms with E-state index in [4.69, 9.17) is 34.2 Å². The van der Waals surface area contributed by atoms with Crippen LogP contribution in [0, 0.1) is 0 Å². The van der Waals surface area contributed by atoms with Crippen molar-refractivity contribution in [1.29, 1.82) is 0 Å². The summed E-state index contributed by atoms with van der Waals surface area (Å²) in [6, 6.07) is 14.3. The number of fused-ring (bicyclic) bond motifs is 2. The summed E-state index contributed by atoms with van der Waals surface area (Å²) in [5.74, 6) is 4.11. The van der Waals surface area contributed by atoms with Gasteiger partial charge in [0.1, 0.15) is 11.5 Å². The van der Waals surface area contributed by atoms with Crippen LogP contribution in [-0.4, -0.2) is 64.2 Å². The minimum Gasteiger partial charge on any atom is -0.493 e. The molecule has 2 aliphatic rings. The molecule has 5 rings (SSSR count). The van der Waals surface area contributed by atoms with Crippen molar-refractivity contribution in [3.63, 3.8) is 0 Å². The first kappa shape index (κ1) is 29.9. The zero-order valence-electron chi connectivity index (χ0n) is 25.0. The predicted molar refractivity (Wildman–Crippen MR) is 165 cm³/mol. The van der Waals surface area contributed by atoms with Crippen LogP contribution in [0.25, 0.3) is 0 Å². The van der Waals surface area contributed by atoms with Crippen LogP contribution in [-0.2, 0) is 0 Å². The molecular formula is C33H39N3O7. The summed E-state index contributed by atoms with van der Waals surface area (Å²) in [5.41, 5.74) is 7.83. The third kappa shape index (κ3) is 7.07. The van der Waals surface area contributed by atoms with Gasteiger partial charge in [0.2, 0.25) is 0 Å². The van der Waals surface area contributed by atoms with Gasteiger partial charge in [-0.25, -0.2) is 0 Å². The Balaban J connectivity index is 1.05. The molecule has 0 unspecified atom stereocenters. The Morgan fingerprint density at radius 3 is 2.26 bits per heavy atom. The normalized spacial score (nSPS) is 15.4. The summed E-state index contributed by atoms with van der Waals surface area (Å²) in [6.45, 7) is 1.87. The molecule has 0 aliphatic carbocycles. The number of hydrogen-bond acceptors (Lipinski definition) is 9. The molecule has 0 radical (unpaired) electrons. The fraction of sp³-hybridized carbons (Fsp3) is 0.394. The van der Waals surface area contributed by atoms with Crippen LogP contribution in [0.15, 0.2) is 53.5 Å². The van der Waals surface area contributed by atoms with Gasteiger partial charge in [0.05, 0.1) is 57.5 Å². The molecule has 1 saturated heterocycles. The number of hydrogen-bond donors (Lipinski definition) is 1. The first-order chi connectivity index (χ1) is 21.0. The van der Waals surface area contributed by atoms with Crippen LogP contribution in [0.5, 0.6) is 40.2 Å². The lowest BCUT2D eigenvalue weighted by Crippen LogP contribution is -2.35. The summed E-state index contributed by atoms with van der Waals surface area (Å²) in [6.07, 6.45) is 7.58. The number of benzene rings is 3. The average Bonchev–Trinajstić information content (AvgIpc) is 3.46. The Hall–Kier alpha value is -4.60. The molecule has 43 heavy (non-hydrogen) atoms. The van der Waals surface area contributed by atoms with Crippen molar-refractivity contribution in [3.05, 3.63) is 54.1 Å². The van der Waals surface area contributed by atoms with Gasteiger partial charge in [0.15, 0.2) is 28.7 Å². The van der Waals surface area contributed by atoms with E-state index in [1.54, 1.807) is 57.7 Å². The van der Waals surface area contributed by atoms with Gasteiger partial charge in [-0.2, -0.15) is 0 Å². The maximum absolute atomic E-state index is 13.0. The van der Waals surface area contributed by atoms with Crippen LogP contribution < -0.4 is 34.2 Å². The van der Waals surface area contributed by atoms with Gasteiger partial charge in [0, 0.05) is 31.0 Å². The van der Waals surface area contributed by atoms with Crippen LogP contribution in [0.1, 0.15) is 48.9 Å². The van der Waals surface area contributed by atoms with E-state index in [0.717, 1.165) is 45.1 Å². The Kier molecular flexibility index (Phi) is 9.76. The second-order valence-electron chi connectivity index (χ2n) is 10.4. The maximum atomic E-state index is 13.0. The lowest BCUT2D eigenvalue weighted by Gasteiger charge is -2.20. The van der Waals surface area contributed by atoms with Crippen molar-refractivity contribution in [2.45, 2.75) is 44.6 Å². The number of ether oxygens (including phenoxy) is 6. The lowest BCUT2D eigenvalue weighted by atomic mass is 10.1. The van der Waals surface area contributed by atoms with E-state index < -0.39 is 0 Å². The predicted octanol–water partition coefficient (Wildman–Crippen LogP) is 6.43. The van der Waals surface area contributed by atoms with Crippen molar-refractivity contribution in [2.75, 3.05) is 46.8 Å². The van der Waals surface area contributed by atoms with E-state index in [-0.39, 0.29) is 11.9 Å². The van der Waals surface area contributed by atoms with Crippen molar-refractivity contribution >= 4 is 23.5 Å². The number of unbranched alkanes of at least 4 members (excludes halogenated alkanes) is 3. The average molecular weight is 590 g/mol. The van der Waals surface area contributed by atoms with Crippen LogP contribution in [0.3, 0.4) is 0 Å². The number of nitrogens with two attached hydrogens (primary N) is 1. The first-order valence-corrected chi connectivity index (χ1v) is 14.6. The highest BCUT2D eigenvalue weighted by molar-refractivity contribution is 6.03. The van der Waals surface area contributed by atoms with Crippen molar-refractivity contribution in [1.82, 2.24) is 4.90 Å². The minimum atomic E-state index is 0.00250. The smallest absolute Gasteiger partial charge is 0.256 e. The number of carbonyl (C=O) groups is 1. The molecule has 2 heterocycles. The van der Waals surface area contributed by atoms with Crippen LogP contribution >= 0.6 is 0 Å². The van der Waals surface area contributed by atoms with Crippen LogP contribution in [0.4, 0.5) is 11.4 Å². The molecule has 1 fully saturated rings. The van der Waals surface area contributed by atoms with Gasteiger partial charge in [-0.3, -0.25) is 9.79 Å². The van der Waals surface area contributed by atoms with Gasteiger partial charge in [-0.05, 0) is 68.9 Å². The van der Waals surface area contributed by atoms with Gasteiger partial charge in [-0.1, -0.05) is 0 Å². The van der Waals surface area contributed by atoms with Gasteiger partial charge in [0.25, 0.3) is 5.91 Å². The Bertz CT molecular complexity index is 1460. The van der Waals surface area contributed by atoms with E-state index in [9.17, 15) is 4.79 Å². The molecule has 2 aliphatic heterocycles. The number of nitrogens with zero attached hydrogens (tertiary/aromatic N) is 2. The number of methoxy groups -OCH3 is 3. The summed E-state index contributed by atoms with van der Waals surface area (Å²) in [4.78, 5) is 19.5. The van der Waals surface area contributed by atoms with E-state index in [2.05, 4.69) is 4.99 Å². The standard InChI is InChI=1S/C33H39N3O7/c1-38-28-13-11-24(18-30(28)39-2)43-29-17-23(10-12-26(29)34)41-15-6-4-5-7-16-42-32-20-27-25(19-31(32)40-3)33(37)36-14-8-9-22(36)21-35-27/h10-13,17-22H,4-9,14-16,34H2,1-3H3/t22-/m0/s1. The Morgan fingerprint density at radius 2 is 1.49 bits per heavy atom. The Labute approximate surface area is 252 Å². The molecule has 10 nitrogen and oxygen atoms in total. The summed E-state index contributed by atoms with van der Waals surface area (Å²) >= 11 is 0. The fourth-order valence-corrected chi connectivity index (χ4v) is 5.25. The van der Waals surface area contributed by atoms with Crippen LogP contribution in [0.2, 0.25) is 0 Å². The fourth-order valence-electron chi connectivity index (χ4n) is 5.25. The number of nitrogen functional groups attached to an aromatic ring is 1. The molecule has 0 bridgehead atoms. The molecule has 0 aromatic heterocycles. The monoisotopic (exact) mass is 589 g/mol. The summed E-state index contributed by atoms with van der Waals surface area (Å²) in [7, 11) is 4.75. The number of rotatable bonds is 14. The highest BCUT2D eigenvalue weighted by Gasteiger charge is 2.32. The molecule has 1 atom stereocenters. The molecule has 10 heteroatoms. The minimum absolute atomic E-state index is 0.00250. The number of amides is 1. The van der Waals surface area contributed by atoms with Crippen molar-refractivity contribution in [2.24, 2.45) is 4.99 Å². The molecule has 3 aromatic carbocycles. The van der Waals surface area contributed by atoms with E-state index >= 15 is 0 Å². The topological polar surface area (TPSA) is 114 Å². The zero-order valence-corrected chi connectivity index (χ0v) is 25.0. The molecule has 1 amide bonds. The second kappa shape index (κ2) is 14.0. The molecular weight excluding hydrogens is 550 g/mol. The molecule has 3 aromatic rings. The van der Waals surface area contributed by atoms with Crippen molar-refractivity contribution < 1.29 is 33.2 Å². The molecule has 0 saturated carbocycles. The quantitative estimate of drug-likeness (QED) is 0.169. The Morgan fingerprint density at radius 1 is 0.791 bits per heavy atom. The van der Waals surface area contributed by atoms with E-state index in [1.807, 2.05) is 23.2 Å². The lowest BCUT2D eigenvalue weighted by molar-refractivity contribution is 0.0774. The third-order valence-corrected chi connectivity index (χ3v) is 7.59. The highest BCUT2D eigenvalue weighted by atomic mass is 16.5. The second-order valence-corrected chi connectivity index (χ2v) is 10.4. The summed E-state index contributed by atoms with van der Waals surface area (Å²) in [5, 5.41) is 0. The van der Waals surface area contributed by atoms with Gasteiger partial charge < -0.3 is 39.1 Å². The van der Waals surface area contributed by atoms with Crippen molar-refractivity contribution in [3.8, 4) is 40.2 Å². The zero-order chi connectivity index (χ0) is 30.2. The summed E-state index contributed by atoms with van der Waals surface area (Å²) < 4.78 is 34.2. The molecule has 228 valence electrons. The largest absolute Gasteiger partial charge is 0.493 e. The first-order valence-electron chi connectivity index (χ1n) is 14.6. The SMILES string of the molecule is COc1ccc(Oc2cc(OCCCCCCOc3cc4c(cc3OC)C(=O)N3CCC[C@H]3C=N4)ccc2N)cc1OC. The van der Waals surface area contributed by atoms with Gasteiger partial charge in [-0.15, -0.1) is 0 Å². The molecule has 2 N–H and O–H groups in total. The molecule has 0 spiro atoms. The van der Waals surface area contributed by atoms with Gasteiger partial charge >= 0.3 is 0 Å². The third-order valence-electron chi connectivity index (χ3n) is 7.59. The maximum Gasteiger partial charge on any atom is 0.256 e. The number of anilines is 1. The number of carbonyl (C=O) groups excluding carboxylic acids is 1.